The molecule has 0 bridgehead atoms. The maximum atomic E-state index is 12.6. The van der Waals surface area contributed by atoms with Crippen molar-refractivity contribution >= 4 is 5.91 Å². The molecule has 5 nitrogen and oxygen atoms in total. The lowest BCUT2D eigenvalue weighted by Gasteiger charge is -2.32. The van der Waals surface area contributed by atoms with E-state index in [0.717, 1.165) is 32.5 Å². The summed E-state index contributed by atoms with van der Waals surface area (Å²) in [5.74, 6) is 0.0598. The monoisotopic (exact) mass is 255 g/mol. The van der Waals surface area contributed by atoms with Gasteiger partial charge in [-0.05, 0) is 26.4 Å². The lowest BCUT2D eigenvalue weighted by molar-refractivity contribution is -0.138. The van der Waals surface area contributed by atoms with E-state index in [1.807, 2.05) is 4.90 Å². The minimum absolute atomic E-state index is 0.129. The Morgan fingerprint density at radius 2 is 2.17 bits per heavy atom. The molecule has 2 aliphatic heterocycles. The standard InChI is InChI=1S/C13H25N3O2/c1-3-10-7-15(2)5-4-6-16(10)13(17)11-8-18-9-12(11)14/h10-12H,3-9,14H2,1-2H3. The number of rotatable bonds is 2. The van der Waals surface area contributed by atoms with Crippen molar-refractivity contribution in [2.24, 2.45) is 11.7 Å². The van der Waals surface area contributed by atoms with Crippen LogP contribution in [0.15, 0.2) is 0 Å². The normalized spacial score (nSPS) is 34.6. The zero-order valence-corrected chi connectivity index (χ0v) is 11.5. The van der Waals surface area contributed by atoms with E-state index in [9.17, 15) is 4.79 Å². The number of amides is 1. The molecule has 2 saturated heterocycles. The molecule has 104 valence electrons. The first-order valence-electron chi connectivity index (χ1n) is 6.95. The molecule has 18 heavy (non-hydrogen) atoms. The average Bonchev–Trinajstić information content (AvgIpc) is 2.68. The quantitative estimate of drug-likeness (QED) is 0.749. The van der Waals surface area contributed by atoms with Crippen LogP contribution in [0.25, 0.3) is 0 Å². The van der Waals surface area contributed by atoms with Crippen LogP contribution >= 0.6 is 0 Å². The molecule has 0 aliphatic carbocycles. The lowest BCUT2D eigenvalue weighted by atomic mass is 10.0. The molecular weight excluding hydrogens is 230 g/mol. The number of nitrogens with two attached hydrogens (primary N) is 1. The van der Waals surface area contributed by atoms with Gasteiger partial charge in [-0.2, -0.15) is 0 Å². The first kappa shape index (κ1) is 13.8. The van der Waals surface area contributed by atoms with Crippen LogP contribution in [0.5, 0.6) is 0 Å². The molecule has 5 heteroatoms. The summed E-state index contributed by atoms with van der Waals surface area (Å²) < 4.78 is 5.32. The maximum Gasteiger partial charge on any atom is 0.229 e. The molecular formula is C13H25N3O2. The second kappa shape index (κ2) is 5.99. The number of hydrogen-bond acceptors (Lipinski definition) is 4. The van der Waals surface area contributed by atoms with Crippen LogP contribution in [0.3, 0.4) is 0 Å². The molecule has 0 spiro atoms. The average molecular weight is 255 g/mol. The van der Waals surface area contributed by atoms with Crippen LogP contribution in [0.1, 0.15) is 19.8 Å². The van der Waals surface area contributed by atoms with Gasteiger partial charge in [-0.1, -0.05) is 6.92 Å². The summed E-state index contributed by atoms with van der Waals surface area (Å²) in [6.07, 6.45) is 2.04. The van der Waals surface area contributed by atoms with Crippen molar-refractivity contribution in [3.63, 3.8) is 0 Å². The molecule has 3 unspecified atom stereocenters. The van der Waals surface area contributed by atoms with Gasteiger partial charge in [0.1, 0.15) is 0 Å². The van der Waals surface area contributed by atoms with Gasteiger partial charge in [0.2, 0.25) is 5.91 Å². The Morgan fingerprint density at radius 3 is 2.78 bits per heavy atom. The van der Waals surface area contributed by atoms with Gasteiger partial charge in [0.25, 0.3) is 0 Å². The van der Waals surface area contributed by atoms with Crippen molar-refractivity contribution in [2.45, 2.75) is 31.8 Å². The molecule has 0 radical (unpaired) electrons. The Bertz CT molecular complexity index is 298. The smallest absolute Gasteiger partial charge is 0.229 e. The molecule has 0 aromatic heterocycles. The summed E-state index contributed by atoms with van der Waals surface area (Å²) in [5, 5.41) is 0. The number of hydrogen-bond donors (Lipinski definition) is 1. The van der Waals surface area contributed by atoms with Gasteiger partial charge < -0.3 is 20.3 Å². The van der Waals surface area contributed by atoms with Crippen LogP contribution in [-0.4, -0.2) is 67.7 Å². The van der Waals surface area contributed by atoms with E-state index in [-0.39, 0.29) is 17.9 Å². The third-order valence-electron chi connectivity index (χ3n) is 4.10. The molecule has 0 aromatic carbocycles. The van der Waals surface area contributed by atoms with E-state index in [1.165, 1.54) is 0 Å². The molecule has 3 atom stereocenters. The fourth-order valence-electron chi connectivity index (χ4n) is 2.92. The Kier molecular flexibility index (Phi) is 4.59. The van der Waals surface area contributed by atoms with Crippen LogP contribution in [0.4, 0.5) is 0 Å². The fourth-order valence-corrected chi connectivity index (χ4v) is 2.92. The number of carbonyl (C=O) groups is 1. The Balaban J connectivity index is 2.06. The molecule has 0 saturated carbocycles. The van der Waals surface area contributed by atoms with Gasteiger partial charge in [-0.15, -0.1) is 0 Å². The first-order chi connectivity index (χ1) is 8.63. The second-order valence-electron chi connectivity index (χ2n) is 5.52. The molecule has 0 aromatic rings. The largest absolute Gasteiger partial charge is 0.379 e. The zero-order valence-electron chi connectivity index (χ0n) is 11.5. The van der Waals surface area contributed by atoms with E-state index in [4.69, 9.17) is 10.5 Å². The number of likely N-dealkylation sites (N-methyl/N-ethyl adjacent to an activating group) is 1. The van der Waals surface area contributed by atoms with Crippen molar-refractivity contribution in [3.8, 4) is 0 Å². The van der Waals surface area contributed by atoms with Gasteiger partial charge in [-0.25, -0.2) is 0 Å². The van der Waals surface area contributed by atoms with Crippen molar-refractivity contribution in [1.82, 2.24) is 9.80 Å². The van der Waals surface area contributed by atoms with Crippen LogP contribution in [0, 0.1) is 5.92 Å². The number of carbonyl (C=O) groups excluding carboxylic acids is 1. The van der Waals surface area contributed by atoms with Crippen LogP contribution < -0.4 is 5.73 Å². The maximum absolute atomic E-state index is 12.6. The summed E-state index contributed by atoms with van der Waals surface area (Å²) in [5.41, 5.74) is 5.96. The molecule has 2 rings (SSSR count). The molecule has 2 fully saturated rings. The Morgan fingerprint density at radius 1 is 1.39 bits per heavy atom. The SMILES string of the molecule is CCC1CN(C)CCCN1C(=O)C1COCC1N. The summed E-state index contributed by atoms with van der Waals surface area (Å²) >= 11 is 0. The van der Waals surface area contributed by atoms with E-state index >= 15 is 0 Å². The highest BCUT2D eigenvalue weighted by atomic mass is 16.5. The molecule has 2 N–H and O–H groups in total. The van der Waals surface area contributed by atoms with Crippen molar-refractivity contribution < 1.29 is 9.53 Å². The molecule has 2 aliphatic rings. The summed E-state index contributed by atoms with van der Waals surface area (Å²) in [4.78, 5) is 16.9. The number of nitrogens with zero attached hydrogens (tertiary/aromatic N) is 2. The summed E-state index contributed by atoms with van der Waals surface area (Å²) in [6, 6.07) is 0.189. The summed E-state index contributed by atoms with van der Waals surface area (Å²) in [7, 11) is 2.13. The summed E-state index contributed by atoms with van der Waals surface area (Å²) in [6.45, 7) is 6.03. The lowest BCUT2D eigenvalue weighted by Crippen LogP contribution is -2.49. The Hall–Kier alpha value is -0.650. The van der Waals surface area contributed by atoms with E-state index in [2.05, 4.69) is 18.9 Å². The highest BCUT2D eigenvalue weighted by Crippen LogP contribution is 2.20. The minimum Gasteiger partial charge on any atom is -0.379 e. The highest BCUT2D eigenvalue weighted by molar-refractivity contribution is 5.80. The van der Waals surface area contributed by atoms with Crippen LogP contribution in [0.2, 0.25) is 0 Å². The zero-order chi connectivity index (χ0) is 13.1. The highest BCUT2D eigenvalue weighted by Gasteiger charge is 2.37. The Labute approximate surface area is 109 Å². The van der Waals surface area contributed by atoms with Crippen LogP contribution in [-0.2, 0) is 9.53 Å². The second-order valence-corrected chi connectivity index (χ2v) is 5.52. The minimum atomic E-state index is -0.137. The molecule has 2 heterocycles. The van der Waals surface area contributed by atoms with Crippen molar-refractivity contribution in [2.75, 3.05) is 39.9 Å². The van der Waals surface area contributed by atoms with Crippen molar-refractivity contribution in [3.05, 3.63) is 0 Å². The van der Waals surface area contributed by atoms with E-state index in [0.29, 0.717) is 19.3 Å². The third-order valence-corrected chi connectivity index (χ3v) is 4.10. The predicted octanol–water partition coefficient (Wildman–Crippen LogP) is -0.0972. The van der Waals surface area contributed by atoms with Gasteiger partial charge in [0, 0.05) is 25.2 Å². The topological polar surface area (TPSA) is 58.8 Å². The molecule has 1 amide bonds. The third kappa shape index (κ3) is 2.84. The van der Waals surface area contributed by atoms with E-state index < -0.39 is 0 Å². The first-order valence-corrected chi connectivity index (χ1v) is 6.95. The van der Waals surface area contributed by atoms with Crippen molar-refractivity contribution in [1.29, 1.82) is 0 Å². The fraction of sp³-hybridized carbons (Fsp3) is 0.923. The number of ether oxygens (including phenoxy) is 1. The van der Waals surface area contributed by atoms with Gasteiger partial charge in [-0.3, -0.25) is 4.79 Å². The van der Waals surface area contributed by atoms with Gasteiger partial charge in [0.05, 0.1) is 19.1 Å². The predicted molar refractivity (Wildman–Crippen MR) is 70.2 cm³/mol. The van der Waals surface area contributed by atoms with E-state index in [1.54, 1.807) is 0 Å². The van der Waals surface area contributed by atoms with Gasteiger partial charge in [0.15, 0.2) is 0 Å². The van der Waals surface area contributed by atoms with Gasteiger partial charge >= 0.3 is 0 Å².